The molecule has 32 heavy (non-hydrogen) atoms. The highest BCUT2D eigenvalue weighted by Gasteiger charge is 2.19. The smallest absolute Gasteiger partial charge is 0.227 e. The predicted molar refractivity (Wildman–Crippen MR) is 125 cm³/mol. The summed E-state index contributed by atoms with van der Waals surface area (Å²) in [6.07, 6.45) is 1.01. The van der Waals surface area contributed by atoms with Crippen LogP contribution < -0.4 is 5.32 Å². The number of phenolic OH excluding ortho intramolecular Hbond substituents is 1. The van der Waals surface area contributed by atoms with Crippen molar-refractivity contribution in [3.63, 3.8) is 0 Å². The first-order valence-electron chi connectivity index (χ1n) is 9.79. The Morgan fingerprint density at radius 3 is 2.66 bits per heavy atom. The Morgan fingerprint density at radius 2 is 1.88 bits per heavy atom. The topological polar surface area (TPSA) is 112 Å². The number of thiophene rings is 1. The van der Waals surface area contributed by atoms with Gasteiger partial charge < -0.3 is 15.5 Å². The van der Waals surface area contributed by atoms with Gasteiger partial charge in [-0.3, -0.25) is 0 Å². The molecule has 1 unspecified atom stereocenters. The number of phenols is 1. The monoisotopic (exact) mass is 467 g/mol. The number of aliphatic hydroxyl groups is 1. The Bertz CT molecular complexity index is 1350. The number of aromatic hydroxyl groups is 1. The van der Waals surface area contributed by atoms with Crippen molar-refractivity contribution in [2.24, 2.45) is 0 Å². The van der Waals surface area contributed by atoms with E-state index in [0.717, 1.165) is 22.6 Å². The van der Waals surface area contributed by atoms with Gasteiger partial charge in [0.2, 0.25) is 5.95 Å². The van der Waals surface area contributed by atoms with Gasteiger partial charge in [0.25, 0.3) is 0 Å². The van der Waals surface area contributed by atoms with Gasteiger partial charge in [-0.05, 0) is 60.5 Å². The Morgan fingerprint density at radius 1 is 1.06 bits per heavy atom. The van der Waals surface area contributed by atoms with Gasteiger partial charge in [-0.2, -0.15) is 0 Å². The number of benzene rings is 2. The van der Waals surface area contributed by atoms with Crippen LogP contribution in [0.2, 0.25) is 0 Å². The normalized spacial score (nSPS) is 12.4. The lowest BCUT2D eigenvalue weighted by molar-refractivity contribution is 0.199. The van der Waals surface area contributed by atoms with E-state index in [1.54, 1.807) is 43.5 Å². The molecule has 0 bridgehead atoms. The van der Waals surface area contributed by atoms with Crippen molar-refractivity contribution >= 4 is 32.8 Å². The highest BCUT2D eigenvalue weighted by molar-refractivity contribution is 7.92. The molecule has 1 atom stereocenters. The maximum atomic E-state index is 12.8. The van der Waals surface area contributed by atoms with Crippen LogP contribution in [0.5, 0.6) is 5.75 Å². The SMILES string of the molecule is CC(O)c1cccc(Nc2nccc(-c3ccc(S(=O)(=O)Cc4cccc(O)c4)s3)n2)c1. The number of aromatic nitrogens is 2. The second-order valence-corrected chi connectivity index (χ2v) is 10.5. The van der Waals surface area contributed by atoms with E-state index in [0.29, 0.717) is 22.1 Å². The Balaban J connectivity index is 1.55. The van der Waals surface area contributed by atoms with Gasteiger partial charge in [0.15, 0.2) is 9.84 Å². The first kappa shape index (κ1) is 21.9. The summed E-state index contributed by atoms with van der Waals surface area (Å²) < 4.78 is 25.9. The van der Waals surface area contributed by atoms with Gasteiger partial charge in [-0.15, -0.1) is 11.3 Å². The quantitative estimate of drug-likeness (QED) is 0.362. The molecule has 7 nitrogen and oxygen atoms in total. The zero-order valence-corrected chi connectivity index (χ0v) is 18.8. The summed E-state index contributed by atoms with van der Waals surface area (Å²) in [7, 11) is -3.56. The summed E-state index contributed by atoms with van der Waals surface area (Å²) in [5, 5.41) is 22.5. The van der Waals surface area contributed by atoms with Gasteiger partial charge in [-0.1, -0.05) is 24.3 Å². The lowest BCUT2D eigenvalue weighted by Crippen LogP contribution is -2.02. The molecule has 3 N–H and O–H groups in total. The van der Waals surface area contributed by atoms with Gasteiger partial charge in [0.05, 0.1) is 22.4 Å². The lowest BCUT2D eigenvalue weighted by atomic mass is 10.1. The number of nitrogens with zero attached hydrogens (tertiary/aromatic N) is 2. The summed E-state index contributed by atoms with van der Waals surface area (Å²) >= 11 is 1.14. The van der Waals surface area contributed by atoms with Crippen molar-refractivity contribution in [3.05, 3.63) is 84.1 Å². The molecule has 0 saturated carbocycles. The van der Waals surface area contributed by atoms with Gasteiger partial charge in [-0.25, -0.2) is 18.4 Å². The van der Waals surface area contributed by atoms with Crippen LogP contribution in [0.1, 0.15) is 24.2 Å². The van der Waals surface area contributed by atoms with Crippen LogP contribution in [-0.2, 0) is 15.6 Å². The summed E-state index contributed by atoms with van der Waals surface area (Å²) in [4.78, 5) is 9.43. The fourth-order valence-electron chi connectivity index (χ4n) is 3.12. The van der Waals surface area contributed by atoms with Crippen molar-refractivity contribution in [3.8, 4) is 16.3 Å². The van der Waals surface area contributed by atoms with E-state index < -0.39 is 15.9 Å². The number of anilines is 2. The molecule has 2 aromatic carbocycles. The molecule has 2 heterocycles. The summed E-state index contributed by atoms with van der Waals surface area (Å²) in [5.74, 6) is 0.199. The summed E-state index contributed by atoms with van der Waals surface area (Å²) in [6.45, 7) is 1.69. The Hall–Kier alpha value is -3.27. The number of nitrogens with one attached hydrogen (secondary N) is 1. The maximum absolute atomic E-state index is 12.8. The Labute approximate surface area is 190 Å². The van der Waals surface area contributed by atoms with Crippen LogP contribution in [0, 0.1) is 0 Å². The first-order chi connectivity index (χ1) is 15.3. The van der Waals surface area contributed by atoms with Crippen molar-refractivity contribution in [1.29, 1.82) is 0 Å². The number of rotatable bonds is 7. The van der Waals surface area contributed by atoms with Gasteiger partial charge >= 0.3 is 0 Å². The number of aliphatic hydroxyl groups excluding tert-OH is 1. The molecule has 0 aliphatic rings. The average molecular weight is 468 g/mol. The second kappa shape index (κ2) is 9.07. The van der Waals surface area contributed by atoms with Crippen molar-refractivity contribution < 1.29 is 18.6 Å². The van der Waals surface area contributed by atoms with E-state index in [1.807, 2.05) is 24.3 Å². The van der Waals surface area contributed by atoms with E-state index in [1.165, 1.54) is 12.1 Å². The summed E-state index contributed by atoms with van der Waals surface area (Å²) in [6, 6.07) is 18.6. The molecule has 0 aliphatic heterocycles. The molecule has 4 aromatic rings. The second-order valence-electron chi connectivity index (χ2n) is 7.24. The van der Waals surface area contributed by atoms with Crippen molar-refractivity contribution in [2.45, 2.75) is 23.0 Å². The largest absolute Gasteiger partial charge is 0.508 e. The minimum Gasteiger partial charge on any atom is -0.508 e. The molecular formula is C23H21N3O4S2. The molecule has 0 amide bonds. The molecular weight excluding hydrogens is 446 g/mol. The van der Waals surface area contributed by atoms with Crippen LogP contribution >= 0.6 is 11.3 Å². The van der Waals surface area contributed by atoms with E-state index in [2.05, 4.69) is 15.3 Å². The summed E-state index contributed by atoms with van der Waals surface area (Å²) in [5.41, 5.74) is 2.62. The van der Waals surface area contributed by atoms with Crippen LogP contribution in [0.4, 0.5) is 11.6 Å². The third-order valence-electron chi connectivity index (χ3n) is 4.69. The molecule has 164 valence electrons. The van der Waals surface area contributed by atoms with E-state index in [9.17, 15) is 18.6 Å². The molecule has 0 fully saturated rings. The van der Waals surface area contributed by atoms with Crippen molar-refractivity contribution in [2.75, 3.05) is 5.32 Å². The highest BCUT2D eigenvalue weighted by atomic mass is 32.2. The third kappa shape index (κ3) is 5.13. The van der Waals surface area contributed by atoms with E-state index in [-0.39, 0.29) is 15.7 Å². The Kier molecular flexibility index (Phi) is 6.22. The predicted octanol–water partition coefficient (Wildman–Crippen LogP) is 4.68. The molecule has 0 radical (unpaired) electrons. The first-order valence-corrected chi connectivity index (χ1v) is 12.3. The van der Waals surface area contributed by atoms with E-state index in [4.69, 9.17) is 0 Å². The molecule has 9 heteroatoms. The van der Waals surface area contributed by atoms with Gasteiger partial charge in [0.1, 0.15) is 9.96 Å². The molecule has 0 spiro atoms. The number of sulfone groups is 1. The molecule has 0 aliphatic carbocycles. The molecule has 0 saturated heterocycles. The fraction of sp³-hybridized carbons (Fsp3) is 0.130. The molecule has 2 aromatic heterocycles. The zero-order valence-electron chi connectivity index (χ0n) is 17.1. The van der Waals surface area contributed by atoms with Gasteiger partial charge in [0, 0.05) is 11.9 Å². The average Bonchev–Trinajstić information content (AvgIpc) is 3.25. The third-order valence-corrected chi connectivity index (χ3v) is 8.07. The molecule has 4 rings (SSSR count). The zero-order chi connectivity index (χ0) is 22.7. The minimum absolute atomic E-state index is 0.0320. The highest BCUT2D eigenvalue weighted by Crippen LogP contribution is 2.32. The standard InChI is InChI=1S/C23H21N3O4S2/c1-15(27)17-5-3-6-18(13-17)25-23-24-11-10-20(26-23)21-8-9-22(31-21)32(29,30)14-16-4-2-7-19(28)12-16/h2-13,15,27-28H,14H2,1H3,(H,24,25,26). The van der Waals surface area contributed by atoms with Crippen LogP contribution in [0.3, 0.4) is 0 Å². The fourth-order valence-corrected chi connectivity index (χ4v) is 5.82. The van der Waals surface area contributed by atoms with E-state index >= 15 is 0 Å². The number of hydrogen-bond acceptors (Lipinski definition) is 8. The van der Waals surface area contributed by atoms with Crippen molar-refractivity contribution in [1.82, 2.24) is 9.97 Å². The van der Waals surface area contributed by atoms with Crippen LogP contribution in [0.15, 0.2) is 77.1 Å². The van der Waals surface area contributed by atoms with Crippen LogP contribution in [-0.4, -0.2) is 28.6 Å². The lowest BCUT2D eigenvalue weighted by Gasteiger charge is -2.09. The maximum Gasteiger partial charge on any atom is 0.227 e. The number of hydrogen-bond donors (Lipinski definition) is 3. The van der Waals surface area contributed by atoms with Crippen LogP contribution in [0.25, 0.3) is 10.6 Å². The minimum atomic E-state index is -3.56.